The van der Waals surface area contributed by atoms with E-state index in [1.807, 2.05) is 60.7 Å². The summed E-state index contributed by atoms with van der Waals surface area (Å²) in [5, 5.41) is 16.4. The Morgan fingerprint density at radius 1 is 0.941 bits per heavy atom. The molecule has 1 saturated heterocycles. The fourth-order valence-electron chi connectivity index (χ4n) is 4.68. The number of hydrogen-bond donors (Lipinski definition) is 2. The molecule has 0 spiro atoms. The molecule has 0 saturated carbocycles. The predicted molar refractivity (Wildman–Crippen MR) is 141 cm³/mol. The summed E-state index contributed by atoms with van der Waals surface area (Å²) in [6.45, 7) is 1.46. The summed E-state index contributed by atoms with van der Waals surface area (Å²) < 4.78 is 10.8. The number of methoxy groups -OCH3 is 2. The maximum atomic E-state index is 12.1. The van der Waals surface area contributed by atoms with Crippen molar-refractivity contribution in [3.63, 3.8) is 0 Å². The molecule has 1 aliphatic heterocycles. The molecule has 7 heteroatoms. The van der Waals surface area contributed by atoms with Crippen molar-refractivity contribution in [2.75, 3.05) is 32.6 Å². The first-order chi connectivity index (χ1) is 16.5. The molecule has 5 nitrogen and oxygen atoms in total. The molecule has 2 N–H and O–H groups in total. The molecule has 34 heavy (non-hydrogen) atoms. The van der Waals surface area contributed by atoms with Gasteiger partial charge in [0, 0.05) is 25.2 Å². The summed E-state index contributed by atoms with van der Waals surface area (Å²) in [5.41, 5.74) is 1.47. The van der Waals surface area contributed by atoms with E-state index in [4.69, 9.17) is 33.3 Å². The van der Waals surface area contributed by atoms with Gasteiger partial charge in [-0.3, -0.25) is 0 Å². The van der Waals surface area contributed by atoms with Crippen LogP contribution in [0, 0.1) is 5.92 Å². The fraction of sp³-hybridized carbons (Fsp3) is 0.296. The molecule has 1 aliphatic rings. The lowest BCUT2D eigenvalue weighted by Gasteiger charge is -2.43. The number of ether oxygens (including phenoxy) is 2. The average molecular weight is 497 g/mol. The minimum atomic E-state index is -1.06. The number of benzene rings is 3. The van der Waals surface area contributed by atoms with Gasteiger partial charge in [0.05, 0.1) is 24.9 Å². The molecule has 1 heterocycles. The number of halogens is 1. The average Bonchev–Trinajstić information content (AvgIpc) is 2.90. The topological polar surface area (TPSA) is 54.0 Å². The lowest BCUT2D eigenvalue weighted by Crippen LogP contribution is -2.47. The Kier molecular flexibility index (Phi) is 7.61. The second-order valence-corrected chi connectivity index (χ2v) is 9.17. The molecule has 3 aromatic carbocycles. The second kappa shape index (κ2) is 10.6. The Labute approximate surface area is 211 Å². The summed E-state index contributed by atoms with van der Waals surface area (Å²) >= 11 is 11.9. The Hall–Kier alpha value is -2.80. The van der Waals surface area contributed by atoms with Crippen LogP contribution in [0.5, 0.6) is 11.5 Å². The smallest absolute Gasteiger partial charge is 0.173 e. The standard InChI is InChI=1S/C27H29ClN2O3S/c1-32-24-18-23(25(33-2)17-22(24)28)29-26(34)30-15-13-21(14-16-30)27(31,19-9-5-3-6-10-19)20-11-7-4-8-12-20/h3-12,17-18,21,31H,13-16H2,1-2H3,(H,29,34). The first-order valence-corrected chi connectivity index (χ1v) is 12.1. The number of rotatable bonds is 6. The van der Waals surface area contributed by atoms with E-state index in [2.05, 4.69) is 10.2 Å². The summed E-state index contributed by atoms with van der Waals surface area (Å²) in [5.74, 6) is 1.19. The maximum absolute atomic E-state index is 12.1. The quantitative estimate of drug-likeness (QED) is 0.427. The zero-order valence-electron chi connectivity index (χ0n) is 19.3. The molecule has 178 valence electrons. The largest absolute Gasteiger partial charge is 0.495 e. The van der Waals surface area contributed by atoms with Crippen molar-refractivity contribution in [3.8, 4) is 11.5 Å². The van der Waals surface area contributed by atoms with Crippen LogP contribution in [0.25, 0.3) is 0 Å². The third-order valence-corrected chi connectivity index (χ3v) is 7.17. The Bertz CT molecular complexity index is 1080. The third-order valence-electron chi connectivity index (χ3n) is 6.52. The molecular formula is C27H29ClN2O3S. The minimum absolute atomic E-state index is 0.0570. The highest BCUT2D eigenvalue weighted by Gasteiger charge is 2.41. The number of thiocarbonyl (C=S) groups is 1. The zero-order chi connectivity index (χ0) is 24.1. The Morgan fingerprint density at radius 2 is 1.47 bits per heavy atom. The highest BCUT2D eigenvalue weighted by Crippen LogP contribution is 2.42. The van der Waals surface area contributed by atoms with Crippen LogP contribution in [0.2, 0.25) is 5.02 Å². The highest BCUT2D eigenvalue weighted by molar-refractivity contribution is 7.80. The van der Waals surface area contributed by atoms with Gasteiger partial charge in [-0.2, -0.15) is 0 Å². The first-order valence-electron chi connectivity index (χ1n) is 11.3. The van der Waals surface area contributed by atoms with Crippen molar-refractivity contribution in [3.05, 3.63) is 88.9 Å². The van der Waals surface area contributed by atoms with Gasteiger partial charge in [-0.1, -0.05) is 72.3 Å². The van der Waals surface area contributed by atoms with E-state index in [0.717, 1.165) is 37.1 Å². The zero-order valence-corrected chi connectivity index (χ0v) is 20.9. The monoisotopic (exact) mass is 496 g/mol. The summed E-state index contributed by atoms with van der Waals surface area (Å²) in [7, 11) is 3.16. The predicted octanol–water partition coefficient (Wildman–Crippen LogP) is 5.70. The highest BCUT2D eigenvalue weighted by atomic mass is 35.5. The van der Waals surface area contributed by atoms with Crippen molar-refractivity contribution in [1.29, 1.82) is 0 Å². The van der Waals surface area contributed by atoms with Crippen molar-refractivity contribution in [1.82, 2.24) is 4.90 Å². The molecule has 0 atom stereocenters. The fourth-order valence-corrected chi connectivity index (χ4v) is 5.20. The molecule has 3 aromatic rings. The van der Waals surface area contributed by atoms with Crippen LogP contribution in [-0.4, -0.2) is 42.4 Å². The van der Waals surface area contributed by atoms with E-state index in [9.17, 15) is 5.11 Å². The third kappa shape index (κ3) is 4.85. The Balaban J connectivity index is 1.51. The summed E-state index contributed by atoms with van der Waals surface area (Å²) in [6.07, 6.45) is 1.59. The van der Waals surface area contributed by atoms with Crippen LogP contribution in [0.4, 0.5) is 5.69 Å². The van der Waals surface area contributed by atoms with Crippen LogP contribution < -0.4 is 14.8 Å². The van der Waals surface area contributed by atoms with Gasteiger partial charge in [0.15, 0.2) is 5.11 Å². The summed E-state index contributed by atoms with van der Waals surface area (Å²) in [6, 6.07) is 23.4. The molecule has 0 radical (unpaired) electrons. The van der Waals surface area contributed by atoms with Gasteiger partial charge in [0.1, 0.15) is 17.1 Å². The van der Waals surface area contributed by atoms with Crippen molar-refractivity contribution in [2.24, 2.45) is 5.92 Å². The molecule has 0 unspecified atom stereocenters. The van der Waals surface area contributed by atoms with Crippen LogP contribution in [0.15, 0.2) is 72.8 Å². The van der Waals surface area contributed by atoms with Crippen molar-refractivity contribution >= 4 is 34.6 Å². The van der Waals surface area contributed by atoms with Crippen LogP contribution >= 0.6 is 23.8 Å². The number of aliphatic hydroxyl groups is 1. The maximum Gasteiger partial charge on any atom is 0.173 e. The number of anilines is 1. The van der Waals surface area contributed by atoms with Gasteiger partial charge < -0.3 is 24.8 Å². The Morgan fingerprint density at radius 3 is 1.97 bits per heavy atom. The second-order valence-electron chi connectivity index (χ2n) is 8.38. The number of nitrogens with one attached hydrogen (secondary N) is 1. The van der Waals surface area contributed by atoms with E-state index < -0.39 is 5.60 Å². The number of nitrogens with zero attached hydrogens (tertiary/aromatic N) is 1. The van der Waals surface area contributed by atoms with Crippen LogP contribution in [0.1, 0.15) is 24.0 Å². The number of likely N-dealkylation sites (tertiary alicyclic amines) is 1. The summed E-state index contributed by atoms with van der Waals surface area (Å²) in [4.78, 5) is 2.13. The molecule has 0 amide bonds. The molecule has 0 aliphatic carbocycles. The number of hydrogen-bond acceptors (Lipinski definition) is 4. The SMILES string of the molecule is COc1cc(NC(=S)N2CCC(C(O)(c3ccccc3)c3ccccc3)CC2)c(OC)cc1Cl. The van der Waals surface area contributed by atoms with E-state index >= 15 is 0 Å². The van der Waals surface area contributed by atoms with Crippen LogP contribution in [0.3, 0.4) is 0 Å². The first kappa shape index (κ1) is 24.3. The van der Waals surface area contributed by atoms with E-state index in [-0.39, 0.29) is 5.92 Å². The molecule has 1 fully saturated rings. The molecular weight excluding hydrogens is 468 g/mol. The normalized spacial score (nSPS) is 14.5. The minimum Gasteiger partial charge on any atom is -0.495 e. The van der Waals surface area contributed by atoms with Gasteiger partial charge in [0.25, 0.3) is 0 Å². The molecule has 0 aromatic heterocycles. The molecule has 0 bridgehead atoms. The van der Waals surface area contributed by atoms with Gasteiger partial charge in [-0.05, 0) is 42.1 Å². The lowest BCUT2D eigenvalue weighted by atomic mass is 9.72. The van der Waals surface area contributed by atoms with Crippen molar-refractivity contribution in [2.45, 2.75) is 18.4 Å². The van der Waals surface area contributed by atoms with Crippen LogP contribution in [-0.2, 0) is 5.60 Å². The lowest BCUT2D eigenvalue weighted by molar-refractivity contribution is -0.00631. The van der Waals surface area contributed by atoms with Gasteiger partial charge in [-0.15, -0.1) is 0 Å². The van der Waals surface area contributed by atoms with Gasteiger partial charge in [0.2, 0.25) is 0 Å². The molecule has 4 rings (SSSR count). The van der Waals surface area contributed by atoms with E-state index in [1.165, 1.54) is 0 Å². The van der Waals surface area contributed by atoms with Crippen molar-refractivity contribution < 1.29 is 14.6 Å². The van der Waals surface area contributed by atoms with E-state index in [0.29, 0.717) is 27.3 Å². The van der Waals surface area contributed by atoms with Gasteiger partial charge >= 0.3 is 0 Å². The van der Waals surface area contributed by atoms with E-state index in [1.54, 1.807) is 26.4 Å². The number of piperidine rings is 1. The van der Waals surface area contributed by atoms with Gasteiger partial charge in [-0.25, -0.2) is 0 Å².